The molecule has 0 aromatic heterocycles. The number of phenolic OH excluding ortho intramolecular Hbond substituents is 1. The lowest BCUT2D eigenvalue weighted by molar-refractivity contribution is 0.460. The molecule has 0 saturated carbocycles. The van der Waals surface area contributed by atoms with E-state index in [1.807, 2.05) is 0 Å². The summed E-state index contributed by atoms with van der Waals surface area (Å²) in [5.74, 6) is -0.340. The average Bonchev–Trinajstić information content (AvgIpc) is 2.06. The molecule has 1 aromatic carbocycles. The smallest absolute Gasteiger partial charge is 0.133 e. The molecule has 2 heteroatoms. The highest BCUT2D eigenvalue weighted by Gasteiger charge is 2.08. The monoisotopic (exact) mass is 166 g/mol. The number of rotatable bonds is 2. The van der Waals surface area contributed by atoms with Crippen molar-refractivity contribution < 1.29 is 9.50 Å². The molecule has 0 heterocycles. The van der Waals surface area contributed by atoms with Gasteiger partial charge in [0.1, 0.15) is 11.6 Å². The van der Waals surface area contributed by atoms with Crippen molar-refractivity contribution in [2.24, 2.45) is 0 Å². The number of benzene rings is 1. The Balaban J connectivity index is 3.22. The van der Waals surface area contributed by atoms with Crippen LogP contribution in [0.15, 0.2) is 24.8 Å². The van der Waals surface area contributed by atoms with E-state index in [0.29, 0.717) is 17.5 Å². The molecule has 0 aliphatic carbocycles. The van der Waals surface area contributed by atoms with E-state index in [9.17, 15) is 9.50 Å². The number of halogens is 1. The van der Waals surface area contributed by atoms with E-state index >= 15 is 0 Å². The molecule has 1 rings (SSSR count). The van der Waals surface area contributed by atoms with Crippen molar-refractivity contribution in [2.45, 2.75) is 13.3 Å². The van der Waals surface area contributed by atoms with Crippen molar-refractivity contribution >= 4 is 0 Å². The van der Waals surface area contributed by atoms with Gasteiger partial charge in [-0.15, -0.1) is 6.58 Å². The van der Waals surface area contributed by atoms with Crippen LogP contribution in [0, 0.1) is 12.7 Å². The molecule has 1 N–H and O–H groups in total. The van der Waals surface area contributed by atoms with E-state index < -0.39 is 0 Å². The quantitative estimate of drug-likeness (QED) is 0.669. The Hall–Kier alpha value is -1.31. The maximum Gasteiger partial charge on any atom is 0.133 e. The second-order valence-electron chi connectivity index (χ2n) is 2.69. The average molecular weight is 166 g/mol. The van der Waals surface area contributed by atoms with Gasteiger partial charge < -0.3 is 5.11 Å². The molecule has 12 heavy (non-hydrogen) atoms. The zero-order chi connectivity index (χ0) is 9.14. The molecule has 0 aliphatic rings. The van der Waals surface area contributed by atoms with Crippen LogP contribution < -0.4 is 0 Å². The highest BCUT2D eigenvalue weighted by Crippen LogP contribution is 2.23. The standard InChI is InChI=1S/C10H11FO/c1-3-4-8-9(12)6-5-7(2)10(8)11/h3,5-6,12H,1,4H2,2H3. The van der Waals surface area contributed by atoms with Crippen molar-refractivity contribution in [1.29, 1.82) is 0 Å². The molecule has 0 radical (unpaired) electrons. The first-order valence-electron chi connectivity index (χ1n) is 3.74. The van der Waals surface area contributed by atoms with Crippen LogP contribution in [0.25, 0.3) is 0 Å². The SMILES string of the molecule is C=CCc1c(O)ccc(C)c1F. The van der Waals surface area contributed by atoms with Crippen LogP contribution in [0.1, 0.15) is 11.1 Å². The summed E-state index contributed by atoms with van der Waals surface area (Å²) >= 11 is 0. The first kappa shape index (κ1) is 8.78. The van der Waals surface area contributed by atoms with Crippen LogP contribution >= 0.6 is 0 Å². The zero-order valence-corrected chi connectivity index (χ0v) is 6.97. The summed E-state index contributed by atoms with van der Waals surface area (Å²) in [7, 11) is 0. The predicted octanol–water partition coefficient (Wildman–Crippen LogP) is 2.57. The van der Waals surface area contributed by atoms with Gasteiger partial charge in [0, 0.05) is 5.56 Å². The summed E-state index contributed by atoms with van der Waals surface area (Å²) in [6.45, 7) is 5.16. The predicted molar refractivity (Wildman–Crippen MR) is 46.7 cm³/mol. The van der Waals surface area contributed by atoms with Crippen LogP contribution in [0.3, 0.4) is 0 Å². The molecule has 0 unspecified atom stereocenters. The maximum atomic E-state index is 13.2. The number of phenols is 1. The van der Waals surface area contributed by atoms with Gasteiger partial charge in [0.25, 0.3) is 0 Å². The summed E-state index contributed by atoms with van der Waals surface area (Å²) in [5.41, 5.74) is 0.870. The van der Waals surface area contributed by atoms with E-state index in [1.54, 1.807) is 19.1 Å². The maximum absolute atomic E-state index is 13.2. The minimum absolute atomic E-state index is 0.00185. The summed E-state index contributed by atoms with van der Waals surface area (Å²) < 4.78 is 13.2. The molecule has 0 fully saturated rings. The summed E-state index contributed by atoms with van der Waals surface area (Å²) in [5, 5.41) is 9.26. The van der Waals surface area contributed by atoms with Gasteiger partial charge in [0.2, 0.25) is 0 Å². The number of hydrogen-bond donors (Lipinski definition) is 1. The van der Waals surface area contributed by atoms with Gasteiger partial charge in [0.15, 0.2) is 0 Å². The molecule has 0 spiro atoms. The summed E-state index contributed by atoms with van der Waals surface area (Å²) in [4.78, 5) is 0. The van der Waals surface area contributed by atoms with Crippen molar-refractivity contribution in [1.82, 2.24) is 0 Å². The highest BCUT2D eigenvalue weighted by atomic mass is 19.1. The number of hydrogen-bond acceptors (Lipinski definition) is 1. The Morgan fingerprint density at radius 1 is 1.58 bits per heavy atom. The molecule has 64 valence electrons. The van der Waals surface area contributed by atoms with Gasteiger partial charge in [-0.3, -0.25) is 0 Å². The largest absolute Gasteiger partial charge is 0.508 e. The lowest BCUT2D eigenvalue weighted by atomic mass is 10.1. The molecular formula is C10H11FO. The third-order valence-electron chi connectivity index (χ3n) is 1.76. The van der Waals surface area contributed by atoms with Gasteiger partial charge in [-0.25, -0.2) is 4.39 Å². The van der Waals surface area contributed by atoms with E-state index in [4.69, 9.17) is 0 Å². The third-order valence-corrected chi connectivity index (χ3v) is 1.76. The van der Waals surface area contributed by atoms with Crippen molar-refractivity contribution in [2.75, 3.05) is 0 Å². The molecule has 0 amide bonds. The Morgan fingerprint density at radius 3 is 2.83 bits per heavy atom. The number of aryl methyl sites for hydroxylation is 1. The van der Waals surface area contributed by atoms with Crippen LogP contribution in [-0.2, 0) is 6.42 Å². The number of allylic oxidation sites excluding steroid dienone is 1. The van der Waals surface area contributed by atoms with Gasteiger partial charge in [-0.1, -0.05) is 12.1 Å². The normalized spacial score (nSPS) is 9.83. The van der Waals surface area contributed by atoms with Gasteiger partial charge >= 0.3 is 0 Å². The minimum atomic E-state index is -0.338. The fraction of sp³-hybridized carbons (Fsp3) is 0.200. The van der Waals surface area contributed by atoms with Crippen LogP contribution in [0.5, 0.6) is 5.75 Å². The molecule has 1 nitrogen and oxygen atoms in total. The molecule has 0 saturated heterocycles. The summed E-state index contributed by atoms with van der Waals surface area (Å²) in [6.07, 6.45) is 1.93. The Labute approximate surface area is 71.2 Å². The van der Waals surface area contributed by atoms with E-state index in [-0.39, 0.29) is 11.6 Å². The Kier molecular flexibility index (Phi) is 2.48. The van der Waals surface area contributed by atoms with E-state index in [2.05, 4.69) is 6.58 Å². The fourth-order valence-corrected chi connectivity index (χ4v) is 1.07. The van der Waals surface area contributed by atoms with Crippen molar-refractivity contribution in [3.05, 3.63) is 41.7 Å². The first-order chi connectivity index (χ1) is 5.66. The molecule has 0 atom stereocenters. The van der Waals surface area contributed by atoms with Crippen LogP contribution in [0.2, 0.25) is 0 Å². The second kappa shape index (κ2) is 3.39. The van der Waals surface area contributed by atoms with Gasteiger partial charge in [-0.05, 0) is 25.0 Å². The highest BCUT2D eigenvalue weighted by molar-refractivity contribution is 5.38. The van der Waals surface area contributed by atoms with Gasteiger partial charge in [0.05, 0.1) is 0 Å². The van der Waals surface area contributed by atoms with Crippen molar-refractivity contribution in [3.8, 4) is 5.75 Å². The number of aromatic hydroxyl groups is 1. The molecule has 0 aliphatic heterocycles. The third kappa shape index (κ3) is 1.47. The van der Waals surface area contributed by atoms with E-state index in [1.165, 1.54) is 6.07 Å². The fourth-order valence-electron chi connectivity index (χ4n) is 1.07. The molecule has 0 bridgehead atoms. The Morgan fingerprint density at radius 2 is 2.25 bits per heavy atom. The molecule has 1 aromatic rings. The summed E-state index contributed by atoms with van der Waals surface area (Å²) in [6, 6.07) is 3.05. The second-order valence-corrected chi connectivity index (χ2v) is 2.69. The minimum Gasteiger partial charge on any atom is -0.508 e. The Bertz CT molecular complexity index is 305. The first-order valence-corrected chi connectivity index (χ1v) is 3.74. The topological polar surface area (TPSA) is 20.2 Å². The lowest BCUT2D eigenvalue weighted by Gasteiger charge is -2.04. The van der Waals surface area contributed by atoms with Gasteiger partial charge in [-0.2, -0.15) is 0 Å². The zero-order valence-electron chi connectivity index (χ0n) is 6.97. The van der Waals surface area contributed by atoms with Crippen LogP contribution in [0.4, 0.5) is 4.39 Å². The lowest BCUT2D eigenvalue weighted by Crippen LogP contribution is -1.92. The van der Waals surface area contributed by atoms with E-state index in [0.717, 1.165) is 0 Å². The molecular weight excluding hydrogens is 155 g/mol. The van der Waals surface area contributed by atoms with Crippen LogP contribution in [-0.4, -0.2) is 5.11 Å². The van der Waals surface area contributed by atoms with Crippen molar-refractivity contribution in [3.63, 3.8) is 0 Å².